The number of allylic oxidation sites excluding steroid dienone is 4. The van der Waals surface area contributed by atoms with Gasteiger partial charge in [-0.1, -0.05) is 16.8 Å². The maximum absolute atomic E-state index is 12.7. The van der Waals surface area contributed by atoms with Crippen molar-refractivity contribution in [2.45, 2.75) is 26.3 Å². The molecule has 0 aromatic heterocycles. The van der Waals surface area contributed by atoms with Gasteiger partial charge in [0.25, 0.3) is 0 Å². The predicted molar refractivity (Wildman–Crippen MR) is 89.8 cm³/mol. The van der Waals surface area contributed by atoms with E-state index in [1.165, 1.54) is 12.1 Å². The minimum Gasteiger partial charge on any atom is -0.396 e. The molecule has 1 aromatic rings. The maximum Gasteiger partial charge on any atom is 0.516 e. The van der Waals surface area contributed by atoms with Gasteiger partial charge in [0.15, 0.2) is 0 Å². The van der Waals surface area contributed by atoms with E-state index in [0.29, 0.717) is 5.57 Å². The van der Waals surface area contributed by atoms with Gasteiger partial charge in [-0.3, -0.25) is 4.72 Å². The van der Waals surface area contributed by atoms with Gasteiger partial charge in [-0.2, -0.15) is 21.6 Å². The van der Waals surface area contributed by atoms with Crippen molar-refractivity contribution in [1.29, 1.82) is 0 Å². The summed E-state index contributed by atoms with van der Waals surface area (Å²) >= 11 is 0. The first-order valence-electron chi connectivity index (χ1n) is 7.35. The number of hydrogen-bond donors (Lipinski definition) is 1. The van der Waals surface area contributed by atoms with Crippen molar-refractivity contribution in [2.75, 3.05) is 11.3 Å². The van der Waals surface area contributed by atoms with Crippen LogP contribution in [0, 0.1) is 6.92 Å². The summed E-state index contributed by atoms with van der Waals surface area (Å²) in [6.07, 6.45) is 3.56. The fourth-order valence-corrected chi connectivity index (χ4v) is 2.73. The lowest BCUT2D eigenvalue weighted by atomic mass is 9.91. The lowest BCUT2D eigenvalue weighted by molar-refractivity contribution is -0.0429. The molecule has 5 nitrogen and oxygen atoms in total. The second kappa shape index (κ2) is 6.91. The van der Waals surface area contributed by atoms with Gasteiger partial charge in [0, 0.05) is 11.1 Å². The Morgan fingerprint density at radius 1 is 1.24 bits per heavy atom. The molecule has 0 bridgehead atoms. The molecule has 0 spiro atoms. The van der Waals surface area contributed by atoms with E-state index in [2.05, 4.69) is 5.16 Å². The van der Waals surface area contributed by atoms with E-state index in [1.807, 2.05) is 6.92 Å². The van der Waals surface area contributed by atoms with E-state index in [0.717, 1.165) is 11.1 Å². The van der Waals surface area contributed by atoms with Gasteiger partial charge >= 0.3 is 15.5 Å². The smallest absolute Gasteiger partial charge is 0.396 e. The summed E-state index contributed by atoms with van der Waals surface area (Å²) in [5.74, 6) is 0. The van der Waals surface area contributed by atoms with Crippen molar-refractivity contribution < 1.29 is 26.4 Å². The zero-order chi connectivity index (χ0) is 18.8. The average Bonchev–Trinajstić information content (AvgIpc) is 2.46. The van der Waals surface area contributed by atoms with Crippen LogP contribution in [-0.2, 0) is 14.9 Å². The number of nitrogens with one attached hydrogen (secondary N) is 1. The van der Waals surface area contributed by atoms with Gasteiger partial charge in [-0.25, -0.2) is 0 Å². The molecule has 0 heterocycles. The van der Waals surface area contributed by atoms with Crippen LogP contribution in [0.1, 0.15) is 25.0 Å². The highest BCUT2D eigenvalue weighted by atomic mass is 32.2. The molecule has 0 fully saturated rings. The SMILES string of the molecule is CCO/N=C(\C1=CC(C)=C1)c1cc(C)ccc1NS(=O)(=O)C(F)(F)F. The van der Waals surface area contributed by atoms with Gasteiger partial charge in [-0.05, 0) is 50.6 Å². The standard InChI is InChI=1S/C16H17F3N2O3S/c1-4-24-20-15(12-7-11(3)8-12)13-9-10(2)5-6-14(13)21-25(22,23)16(17,18)19/h5-9,21H,4H2,1-3H3/b20-15+. The third kappa shape index (κ3) is 4.22. The minimum atomic E-state index is -5.55. The average molecular weight is 374 g/mol. The predicted octanol–water partition coefficient (Wildman–Crippen LogP) is 3.88. The molecule has 1 aliphatic rings. The Morgan fingerprint density at radius 3 is 2.40 bits per heavy atom. The summed E-state index contributed by atoms with van der Waals surface area (Å²) in [5, 5.41) is 3.95. The van der Waals surface area contributed by atoms with Crippen molar-refractivity contribution in [2.24, 2.45) is 5.16 Å². The Kier molecular flexibility index (Phi) is 5.26. The summed E-state index contributed by atoms with van der Waals surface area (Å²) in [7, 11) is -5.55. The van der Waals surface area contributed by atoms with E-state index in [-0.39, 0.29) is 23.6 Å². The first-order chi connectivity index (χ1) is 11.5. The van der Waals surface area contributed by atoms with Gasteiger partial charge in [0.1, 0.15) is 12.3 Å². The Labute approximate surface area is 143 Å². The monoisotopic (exact) mass is 374 g/mol. The van der Waals surface area contributed by atoms with Crippen molar-refractivity contribution >= 4 is 21.4 Å². The highest BCUT2D eigenvalue weighted by Gasteiger charge is 2.46. The van der Waals surface area contributed by atoms with Crippen LogP contribution in [0.3, 0.4) is 0 Å². The molecule has 1 N–H and O–H groups in total. The Morgan fingerprint density at radius 2 is 1.88 bits per heavy atom. The second-order valence-corrected chi connectivity index (χ2v) is 7.12. The summed E-state index contributed by atoms with van der Waals surface area (Å²) < 4.78 is 62.6. The molecule has 0 aliphatic heterocycles. The molecule has 0 atom stereocenters. The van der Waals surface area contributed by atoms with Crippen LogP contribution >= 0.6 is 0 Å². The van der Waals surface area contributed by atoms with Crippen molar-refractivity contribution in [1.82, 2.24) is 0 Å². The zero-order valence-corrected chi connectivity index (χ0v) is 14.6. The summed E-state index contributed by atoms with van der Waals surface area (Å²) in [5.41, 5.74) is -2.84. The van der Waals surface area contributed by atoms with Crippen molar-refractivity contribution in [3.63, 3.8) is 0 Å². The zero-order valence-electron chi connectivity index (χ0n) is 13.8. The number of rotatable bonds is 6. The second-order valence-electron chi connectivity index (χ2n) is 5.45. The first kappa shape index (κ1) is 19.0. The Balaban J connectivity index is 2.52. The molecule has 9 heteroatoms. The van der Waals surface area contributed by atoms with Gasteiger partial charge in [0.2, 0.25) is 0 Å². The van der Waals surface area contributed by atoms with Crippen LogP contribution in [0.2, 0.25) is 0 Å². The van der Waals surface area contributed by atoms with Crippen LogP contribution in [0.4, 0.5) is 18.9 Å². The molecule has 1 aliphatic carbocycles. The summed E-state index contributed by atoms with van der Waals surface area (Å²) in [6.45, 7) is 5.56. The number of halogens is 3. The highest BCUT2D eigenvalue weighted by molar-refractivity contribution is 7.93. The number of oxime groups is 1. The highest BCUT2D eigenvalue weighted by Crippen LogP contribution is 2.31. The van der Waals surface area contributed by atoms with Crippen molar-refractivity contribution in [3.8, 4) is 0 Å². The van der Waals surface area contributed by atoms with Gasteiger partial charge in [-0.15, -0.1) is 0 Å². The molecular weight excluding hydrogens is 357 g/mol. The van der Waals surface area contributed by atoms with Crippen LogP contribution in [0.25, 0.3) is 0 Å². The van der Waals surface area contributed by atoms with E-state index < -0.39 is 15.5 Å². The first-order valence-corrected chi connectivity index (χ1v) is 8.84. The molecule has 25 heavy (non-hydrogen) atoms. The quantitative estimate of drug-likeness (QED) is 0.607. The largest absolute Gasteiger partial charge is 0.516 e. The van der Waals surface area contributed by atoms with Crippen LogP contribution in [-0.4, -0.2) is 26.2 Å². The Hall–Kier alpha value is -2.29. The lowest BCUT2D eigenvalue weighted by Crippen LogP contribution is -2.30. The van der Waals surface area contributed by atoms with Crippen LogP contribution in [0.15, 0.2) is 46.7 Å². The van der Waals surface area contributed by atoms with Crippen LogP contribution < -0.4 is 4.72 Å². The number of alkyl halides is 3. The lowest BCUT2D eigenvalue weighted by Gasteiger charge is -2.19. The number of benzene rings is 1. The molecule has 0 radical (unpaired) electrons. The third-order valence-electron chi connectivity index (χ3n) is 3.30. The molecule has 2 rings (SSSR count). The summed E-state index contributed by atoms with van der Waals surface area (Å²) in [4.78, 5) is 5.05. The van der Waals surface area contributed by atoms with Gasteiger partial charge in [0.05, 0.1) is 5.69 Å². The number of nitrogens with zero attached hydrogens (tertiary/aromatic N) is 1. The minimum absolute atomic E-state index is 0.205. The van der Waals surface area contributed by atoms with Crippen LogP contribution in [0.5, 0.6) is 0 Å². The van der Waals surface area contributed by atoms with E-state index in [1.54, 1.807) is 36.8 Å². The van der Waals surface area contributed by atoms with Gasteiger partial charge < -0.3 is 4.84 Å². The number of aryl methyl sites for hydroxylation is 1. The number of anilines is 1. The van der Waals surface area contributed by atoms with E-state index in [4.69, 9.17) is 4.84 Å². The molecule has 0 saturated heterocycles. The molecule has 1 aromatic carbocycles. The Bertz CT molecular complexity index is 869. The molecule has 0 unspecified atom stereocenters. The molecule has 136 valence electrons. The third-order valence-corrected chi connectivity index (χ3v) is 4.40. The fraction of sp³-hybridized carbons (Fsp3) is 0.312. The van der Waals surface area contributed by atoms with Crippen molar-refractivity contribution in [3.05, 3.63) is 52.6 Å². The number of sulfonamides is 1. The topological polar surface area (TPSA) is 67.8 Å². The normalized spacial score (nSPS) is 15.2. The fourth-order valence-electron chi connectivity index (χ4n) is 2.15. The molecule has 0 saturated carbocycles. The van der Waals surface area contributed by atoms with E-state index in [9.17, 15) is 21.6 Å². The summed E-state index contributed by atoms with van der Waals surface area (Å²) in [6, 6.07) is 4.33. The number of hydrogen-bond acceptors (Lipinski definition) is 4. The molecule has 0 amide bonds. The van der Waals surface area contributed by atoms with E-state index >= 15 is 0 Å². The molecular formula is C16H17F3N2O3S. The maximum atomic E-state index is 12.7.